The lowest BCUT2D eigenvalue weighted by Gasteiger charge is -1.97. The SMILES string of the molecule is NC(=O)Cn1cc(NC(=O)C=Cc2ccc(Br)s2)cn1. The van der Waals surface area contributed by atoms with E-state index in [1.54, 1.807) is 6.08 Å². The van der Waals surface area contributed by atoms with Gasteiger partial charge < -0.3 is 11.1 Å². The average Bonchev–Trinajstić information content (AvgIpc) is 2.95. The maximum atomic E-state index is 11.7. The molecule has 0 saturated heterocycles. The molecule has 104 valence electrons. The summed E-state index contributed by atoms with van der Waals surface area (Å²) in [6, 6.07) is 3.82. The van der Waals surface area contributed by atoms with E-state index in [2.05, 4.69) is 26.3 Å². The van der Waals surface area contributed by atoms with Gasteiger partial charge in [0.25, 0.3) is 0 Å². The molecule has 2 rings (SSSR count). The first-order valence-electron chi connectivity index (χ1n) is 5.58. The highest BCUT2D eigenvalue weighted by molar-refractivity contribution is 9.11. The fourth-order valence-corrected chi connectivity index (χ4v) is 2.76. The number of thiophene rings is 1. The third-order valence-corrected chi connectivity index (χ3v) is 3.80. The molecule has 20 heavy (non-hydrogen) atoms. The highest BCUT2D eigenvalue weighted by Crippen LogP contribution is 2.22. The molecule has 0 aliphatic carbocycles. The number of nitrogens with two attached hydrogens (primary N) is 1. The lowest BCUT2D eigenvalue weighted by Crippen LogP contribution is -2.18. The number of carbonyl (C=O) groups is 2. The number of carbonyl (C=O) groups excluding carboxylic acids is 2. The minimum absolute atomic E-state index is 0.0189. The van der Waals surface area contributed by atoms with Crippen molar-refractivity contribution in [2.24, 2.45) is 5.73 Å². The van der Waals surface area contributed by atoms with Crippen molar-refractivity contribution in [2.75, 3.05) is 5.32 Å². The van der Waals surface area contributed by atoms with Gasteiger partial charge in [-0.1, -0.05) is 0 Å². The van der Waals surface area contributed by atoms with Crippen molar-refractivity contribution >= 4 is 50.8 Å². The molecule has 0 radical (unpaired) electrons. The van der Waals surface area contributed by atoms with Gasteiger partial charge in [0.05, 0.1) is 15.7 Å². The van der Waals surface area contributed by atoms with E-state index in [1.165, 1.54) is 34.5 Å². The largest absolute Gasteiger partial charge is 0.368 e. The Morgan fingerprint density at radius 1 is 1.50 bits per heavy atom. The van der Waals surface area contributed by atoms with Gasteiger partial charge in [-0.25, -0.2) is 0 Å². The molecule has 0 atom stereocenters. The fourth-order valence-electron chi connectivity index (χ4n) is 1.43. The van der Waals surface area contributed by atoms with E-state index in [-0.39, 0.29) is 12.5 Å². The van der Waals surface area contributed by atoms with Crippen molar-refractivity contribution in [3.8, 4) is 0 Å². The number of amides is 2. The molecule has 6 nitrogen and oxygen atoms in total. The molecule has 2 amide bonds. The Balaban J connectivity index is 1.92. The lowest BCUT2D eigenvalue weighted by atomic mass is 10.4. The Morgan fingerprint density at radius 2 is 2.30 bits per heavy atom. The van der Waals surface area contributed by atoms with Gasteiger partial charge in [-0.15, -0.1) is 11.3 Å². The van der Waals surface area contributed by atoms with Crippen LogP contribution in [0.15, 0.2) is 34.4 Å². The maximum Gasteiger partial charge on any atom is 0.248 e. The van der Waals surface area contributed by atoms with Crippen LogP contribution >= 0.6 is 27.3 Å². The minimum Gasteiger partial charge on any atom is -0.368 e. The first-order valence-corrected chi connectivity index (χ1v) is 7.19. The van der Waals surface area contributed by atoms with Crippen LogP contribution in [0.5, 0.6) is 0 Å². The van der Waals surface area contributed by atoms with E-state index in [1.807, 2.05) is 12.1 Å². The molecule has 0 unspecified atom stereocenters. The van der Waals surface area contributed by atoms with Crippen LogP contribution in [0.2, 0.25) is 0 Å². The van der Waals surface area contributed by atoms with E-state index in [0.717, 1.165) is 8.66 Å². The van der Waals surface area contributed by atoms with E-state index in [9.17, 15) is 9.59 Å². The number of nitrogens with one attached hydrogen (secondary N) is 1. The maximum absolute atomic E-state index is 11.7. The number of aromatic nitrogens is 2. The highest BCUT2D eigenvalue weighted by atomic mass is 79.9. The monoisotopic (exact) mass is 354 g/mol. The Hall–Kier alpha value is -1.93. The lowest BCUT2D eigenvalue weighted by molar-refractivity contribution is -0.118. The normalized spacial score (nSPS) is 10.8. The van der Waals surface area contributed by atoms with Gasteiger partial charge in [0.1, 0.15) is 6.54 Å². The average molecular weight is 355 g/mol. The van der Waals surface area contributed by atoms with Crippen LogP contribution in [0.3, 0.4) is 0 Å². The molecule has 0 aromatic carbocycles. The van der Waals surface area contributed by atoms with Crippen LogP contribution in [0, 0.1) is 0 Å². The van der Waals surface area contributed by atoms with E-state index >= 15 is 0 Å². The molecule has 0 spiro atoms. The van der Waals surface area contributed by atoms with Crippen LogP contribution in [-0.2, 0) is 16.1 Å². The molecule has 8 heteroatoms. The first kappa shape index (κ1) is 14.5. The molecule has 2 aromatic rings. The van der Waals surface area contributed by atoms with Crippen molar-refractivity contribution in [3.05, 3.63) is 39.3 Å². The number of hydrogen-bond donors (Lipinski definition) is 2. The van der Waals surface area contributed by atoms with Crippen molar-refractivity contribution in [3.63, 3.8) is 0 Å². The van der Waals surface area contributed by atoms with Gasteiger partial charge in [-0.05, 0) is 34.1 Å². The summed E-state index contributed by atoms with van der Waals surface area (Å²) in [6.07, 6.45) is 6.15. The second-order valence-corrected chi connectivity index (χ2v) is 6.35. The summed E-state index contributed by atoms with van der Waals surface area (Å²) < 4.78 is 2.36. The van der Waals surface area contributed by atoms with Crippen molar-refractivity contribution in [2.45, 2.75) is 6.54 Å². The summed E-state index contributed by atoms with van der Waals surface area (Å²) in [5, 5.41) is 6.55. The molecule has 2 heterocycles. The second-order valence-electron chi connectivity index (χ2n) is 3.86. The second kappa shape index (κ2) is 6.49. The first-order chi connectivity index (χ1) is 9.52. The predicted octanol–water partition coefficient (Wildman–Crippen LogP) is 1.84. The van der Waals surface area contributed by atoms with Crippen LogP contribution in [-0.4, -0.2) is 21.6 Å². The van der Waals surface area contributed by atoms with Crippen LogP contribution in [0.1, 0.15) is 4.88 Å². The molecular formula is C12H11BrN4O2S. The smallest absolute Gasteiger partial charge is 0.248 e. The Kier molecular flexibility index (Phi) is 4.70. The highest BCUT2D eigenvalue weighted by Gasteiger charge is 2.03. The van der Waals surface area contributed by atoms with Gasteiger partial charge in [-0.3, -0.25) is 14.3 Å². The van der Waals surface area contributed by atoms with Gasteiger partial charge in [0.15, 0.2) is 0 Å². The van der Waals surface area contributed by atoms with Gasteiger partial charge in [-0.2, -0.15) is 5.10 Å². The topological polar surface area (TPSA) is 90.0 Å². The number of halogens is 1. The molecule has 0 aliphatic heterocycles. The number of anilines is 1. The zero-order valence-electron chi connectivity index (χ0n) is 10.2. The van der Waals surface area contributed by atoms with Crippen molar-refractivity contribution in [1.82, 2.24) is 9.78 Å². The molecule has 0 fully saturated rings. The Morgan fingerprint density at radius 3 is 2.95 bits per heavy atom. The van der Waals surface area contributed by atoms with E-state index in [4.69, 9.17) is 5.73 Å². The van der Waals surface area contributed by atoms with E-state index < -0.39 is 5.91 Å². The Bertz CT molecular complexity index is 662. The number of rotatable bonds is 5. The third-order valence-electron chi connectivity index (χ3n) is 2.21. The summed E-state index contributed by atoms with van der Waals surface area (Å²) in [5.74, 6) is -0.762. The van der Waals surface area contributed by atoms with Crippen molar-refractivity contribution in [1.29, 1.82) is 0 Å². The summed E-state index contributed by atoms with van der Waals surface area (Å²) in [5.41, 5.74) is 5.56. The standard InChI is InChI=1S/C12H11BrN4O2S/c13-10-3-1-9(20-10)2-4-12(19)16-8-5-15-17(6-8)7-11(14)18/h1-6H,7H2,(H2,14,18)(H,16,19). The molecule has 0 saturated carbocycles. The predicted molar refractivity (Wildman–Crippen MR) is 81.1 cm³/mol. The van der Waals surface area contributed by atoms with E-state index in [0.29, 0.717) is 5.69 Å². The molecule has 0 bridgehead atoms. The summed E-state index contributed by atoms with van der Waals surface area (Å²) >= 11 is 4.88. The fraction of sp³-hybridized carbons (Fsp3) is 0.0833. The van der Waals surface area contributed by atoms with Gasteiger partial charge >= 0.3 is 0 Å². The van der Waals surface area contributed by atoms with Crippen LogP contribution in [0.4, 0.5) is 5.69 Å². The summed E-state index contributed by atoms with van der Waals surface area (Å²) in [6.45, 7) is -0.0189. The molecule has 3 N–H and O–H groups in total. The quantitative estimate of drug-likeness (QED) is 0.802. The van der Waals surface area contributed by atoms with Crippen molar-refractivity contribution < 1.29 is 9.59 Å². The number of nitrogens with zero attached hydrogens (tertiary/aromatic N) is 2. The summed E-state index contributed by atoms with van der Waals surface area (Å²) in [7, 11) is 0. The van der Waals surface area contributed by atoms with Gasteiger partial charge in [0.2, 0.25) is 11.8 Å². The van der Waals surface area contributed by atoms with Crippen LogP contribution in [0.25, 0.3) is 6.08 Å². The summed E-state index contributed by atoms with van der Waals surface area (Å²) in [4.78, 5) is 23.4. The minimum atomic E-state index is -0.492. The molecular weight excluding hydrogens is 344 g/mol. The van der Waals surface area contributed by atoms with Gasteiger partial charge in [0, 0.05) is 17.2 Å². The third kappa shape index (κ3) is 4.32. The Labute approximate surface area is 127 Å². The number of hydrogen-bond acceptors (Lipinski definition) is 4. The zero-order valence-corrected chi connectivity index (χ0v) is 12.6. The zero-order chi connectivity index (χ0) is 14.5. The number of primary amides is 1. The molecule has 0 aliphatic rings. The van der Waals surface area contributed by atoms with Crippen LogP contribution < -0.4 is 11.1 Å². The molecule has 2 aromatic heterocycles.